The topological polar surface area (TPSA) is 101 Å². The molecule has 6 heteroatoms. The van der Waals surface area contributed by atoms with Gasteiger partial charge < -0.3 is 16.4 Å². The van der Waals surface area contributed by atoms with E-state index in [0.29, 0.717) is 31.5 Å². The van der Waals surface area contributed by atoms with Crippen molar-refractivity contribution in [2.24, 2.45) is 11.7 Å². The van der Waals surface area contributed by atoms with Crippen LogP contribution in [0.1, 0.15) is 78.6 Å². The largest absolute Gasteiger partial charge is 0.353 e. The standard InChI is InChI=1S/C34H43N3O3/c1-23(2)27-19-28(24(3)4)21-29(20-27)32(38)22-30(17-25-11-7-5-8-12-25)33(39)37-31(34(40)36-16-15-35)18-26-13-9-6-10-14-26/h5-14,19-21,23-24,30-31H,15-18,22,35H2,1-4H3,(H,36,40)(H,37,39)/t30-,31-/m0/s1. The lowest BCUT2D eigenvalue weighted by atomic mass is 9.87. The molecule has 3 aromatic rings. The summed E-state index contributed by atoms with van der Waals surface area (Å²) in [6, 6.07) is 24.5. The van der Waals surface area contributed by atoms with Gasteiger partial charge in [0.1, 0.15) is 6.04 Å². The number of rotatable bonds is 14. The molecule has 0 aromatic heterocycles. The molecule has 2 amide bonds. The second kappa shape index (κ2) is 15.1. The van der Waals surface area contributed by atoms with Gasteiger partial charge in [0.05, 0.1) is 0 Å². The monoisotopic (exact) mass is 541 g/mol. The van der Waals surface area contributed by atoms with E-state index in [2.05, 4.69) is 44.4 Å². The lowest BCUT2D eigenvalue weighted by molar-refractivity contribution is -0.131. The zero-order valence-electron chi connectivity index (χ0n) is 24.2. The van der Waals surface area contributed by atoms with Gasteiger partial charge in [0.25, 0.3) is 0 Å². The summed E-state index contributed by atoms with van der Waals surface area (Å²) >= 11 is 0. The minimum Gasteiger partial charge on any atom is -0.353 e. The maximum Gasteiger partial charge on any atom is 0.242 e. The fourth-order valence-electron chi connectivity index (χ4n) is 4.67. The van der Waals surface area contributed by atoms with Crippen molar-refractivity contribution in [2.75, 3.05) is 13.1 Å². The number of hydrogen-bond donors (Lipinski definition) is 3. The van der Waals surface area contributed by atoms with Crippen molar-refractivity contribution < 1.29 is 14.4 Å². The molecule has 0 spiro atoms. The zero-order chi connectivity index (χ0) is 29.1. The second-order valence-electron chi connectivity index (χ2n) is 11.0. The molecule has 2 atom stereocenters. The van der Waals surface area contributed by atoms with Crippen LogP contribution in [0.3, 0.4) is 0 Å². The number of hydrogen-bond acceptors (Lipinski definition) is 4. The minimum atomic E-state index is -0.786. The highest BCUT2D eigenvalue weighted by Crippen LogP contribution is 2.25. The van der Waals surface area contributed by atoms with Crippen molar-refractivity contribution in [3.8, 4) is 0 Å². The van der Waals surface area contributed by atoms with Crippen molar-refractivity contribution >= 4 is 17.6 Å². The van der Waals surface area contributed by atoms with E-state index in [1.54, 1.807) is 0 Å². The van der Waals surface area contributed by atoms with Gasteiger partial charge in [0.15, 0.2) is 5.78 Å². The van der Waals surface area contributed by atoms with Gasteiger partial charge in [-0.25, -0.2) is 0 Å². The van der Waals surface area contributed by atoms with Crippen LogP contribution in [0.25, 0.3) is 0 Å². The molecule has 0 aliphatic heterocycles. The molecule has 0 radical (unpaired) electrons. The molecule has 3 rings (SSSR count). The Labute approximate surface area is 238 Å². The van der Waals surface area contributed by atoms with Crippen molar-refractivity contribution in [1.29, 1.82) is 0 Å². The highest BCUT2D eigenvalue weighted by Gasteiger charge is 2.28. The molecule has 3 aromatic carbocycles. The molecule has 40 heavy (non-hydrogen) atoms. The van der Waals surface area contributed by atoms with Crippen LogP contribution in [0.15, 0.2) is 78.9 Å². The Kier molecular flexibility index (Phi) is 11.6. The van der Waals surface area contributed by atoms with Crippen LogP contribution in [-0.4, -0.2) is 36.7 Å². The average molecular weight is 542 g/mol. The first-order chi connectivity index (χ1) is 19.2. The van der Waals surface area contributed by atoms with Crippen LogP contribution in [0, 0.1) is 5.92 Å². The van der Waals surface area contributed by atoms with E-state index < -0.39 is 12.0 Å². The Balaban J connectivity index is 1.88. The summed E-state index contributed by atoms with van der Waals surface area (Å²) in [5.74, 6) is -0.768. The van der Waals surface area contributed by atoms with E-state index in [9.17, 15) is 14.4 Å². The third-order valence-corrected chi connectivity index (χ3v) is 7.12. The molecule has 0 aliphatic rings. The maximum absolute atomic E-state index is 13.8. The van der Waals surface area contributed by atoms with E-state index in [0.717, 1.165) is 22.3 Å². The number of nitrogens with two attached hydrogens (primary N) is 1. The number of carbonyl (C=O) groups is 3. The van der Waals surface area contributed by atoms with E-state index in [-0.39, 0.29) is 35.9 Å². The van der Waals surface area contributed by atoms with Gasteiger partial charge in [-0.3, -0.25) is 14.4 Å². The van der Waals surface area contributed by atoms with Crippen molar-refractivity contribution in [3.63, 3.8) is 0 Å². The second-order valence-corrected chi connectivity index (χ2v) is 11.0. The van der Waals surface area contributed by atoms with E-state index >= 15 is 0 Å². The summed E-state index contributed by atoms with van der Waals surface area (Å²) in [5.41, 5.74) is 10.3. The molecule has 212 valence electrons. The van der Waals surface area contributed by atoms with Crippen molar-refractivity contribution in [3.05, 3.63) is 107 Å². The van der Waals surface area contributed by atoms with Crippen LogP contribution in [0.2, 0.25) is 0 Å². The predicted molar refractivity (Wildman–Crippen MR) is 161 cm³/mol. The average Bonchev–Trinajstić information content (AvgIpc) is 2.95. The highest BCUT2D eigenvalue weighted by atomic mass is 16.2. The van der Waals surface area contributed by atoms with Crippen LogP contribution in [0.4, 0.5) is 0 Å². The third-order valence-electron chi connectivity index (χ3n) is 7.12. The molecule has 0 fully saturated rings. The first kappa shape index (κ1) is 30.8. The van der Waals surface area contributed by atoms with Gasteiger partial charge >= 0.3 is 0 Å². The highest BCUT2D eigenvalue weighted by molar-refractivity contribution is 5.99. The molecule has 0 saturated carbocycles. The first-order valence-electron chi connectivity index (χ1n) is 14.2. The Morgan fingerprint density at radius 3 is 1.75 bits per heavy atom. The summed E-state index contributed by atoms with van der Waals surface area (Å²) in [6.45, 7) is 9.07. The Morgan fingerprint density at radius 2 is 1.25 bits per heavy atom. The van der Waals surface area contributed by atoms with Crippen LogP contribution >= 0.6 is 0 Å². The number of benzene rings is 3. The molecular weight excluding hydrogens is 498 g/mol. The number of Topliss-reactive ketones (excluding diaryl/α,β-unsaturated/α-hetero) is 1. The number of ketones is 1. The maximum atomic E-state index is 13.8. The van der Waals surface area contributed by atoms with Crippen molar-refractivity contribution in [2.45, 2.75) is 64.8 Å². The molecule has 0 saturated heterocycles. The summed E-state index contributed by atoms with van der Waals surface area (Å²) in [5, 5.41) is 5.77. The zero-order valence-corrected chi connectivity index (χ0v) is 24.2. The molecule has 6 nitrogen and oxygen atoms in total. The minimum absolute atomic E-state index is 0.0439. The summed E-state index contributed by atoms with van der Waals surface area (Å²) in [7, 11) is 0. The van der Waals surface area contributed by atoms with Crippen LogP contribution in [-0.2, 0) is 22.4 Å². The quantitative estimate of drug-likeness (QED) is 0.245. The molecule has 0 aliphatic carbocycles. The molecule has 0 bridgehead atoms. The van der Waals surface area contributed by atoms with Crippen LogP contribution < -0.4 is 16.4 Å². The van der Waals surface area contributed by atoms with Gasteiger partial charge in [-0.05, 0) is 52.6 Å². The molecular formula is C34H43N3O3. The SMILES string of the molecule is CC(C)c1cc(C(=O)C[C@H](Cc2ccccc2)C(=O)N[C@@H](Cc2ccccc2)C(=O)NCCN)cc(C(C)C)c1. The molecule has 4 N–H and O–H groups in total. The van der Waals surface area contributed by atoms with Gasteiger partial charge in [0.2, 0.25) is 11.8 Å². The number of nitrogens with one attached hydrogen (secondary N) is 2. The summed E-state index contributed by atoms with van der Waals surface area (Å²) in [4.78, 5) is 40.5. The normalized spacial score (nSPS) is 12.7. The molecule has 0 heterocycles. The van der Waals surface area contributed by atoms with Gasteiger partial charge in [-0.15, -0.1) is 0 Å². The van der Waals surface area contributed by atoms with Gasteiger partial charge in [-0.2, -0.15) is 0 Å². The lowest BCUT2D eigenvalue weighted by Gasteiger charge is -2.23. The third kappa shape index (κ3) is 9.16. The van der Waals surface area contributed by atoms with E-state index in [1.165, 1.54) is 0 Å². The van der Waals surface area contributed by atoms with Gasteiger partial charge in [0, 0.05) is 37.4 Å². The Hall–Kier alpha value is -3.77. The summed E-state index contributed by atoms with van der Waals surface area (Å²) < 4.78 is 0. The van der Waals surface area contributed by atoms with Gasteiger partial charge in [-0.1, -0.05) is 94.4 Å². The number of amides is 2. The number of carbonyl (C=O) groups excluding carboxylic acids is 3. The van der Waals surface area contributed by atoms with Crippen molar-refractivity contribution in [1.82, 2.24) is 10.6 Å². The van der Waals surface area contributed by atoms with Crippen LogP contribution in [0.5, 0.6) is 0 Å². The predicted octanol–water partition coefficient (Wildman–Crippen LogP) is 5.17. The fourth-order valence-corrected chi connectivity index (χ4v) is 4.67. The Morgan fingerprint density at radius 1 is 0.725 bits per heavy atom. The fraction of sp³-hybridized carbons (Fsp3) is 0.382. The van der Waals surface area contributed by atoms with E-state index in [1.807, 2.05) is 72.8 Å². The lowest BCUT2D eigenvalue weighted by Crippen LogP contribution is -2.50. The first-order valence-corrected chi connectivity index (χ1v) is 14.2. The molecule has 0 unspecified atom stereocenters. The smallest absolute Gasteiger partial charge is 0.242 e. The van der Waals surface area contributed by atoms with E-state index in [4.69, 9.17) is 5.73 Å². The summed E-state index contributed by atoms with van der Waals surface area (Å²) in [6.07, 6.45) is 0.771. The Bertz CT molecular complexity index is 1230.